The zero-order valence-corrected chi connectivity index (χ0v) is 11.3. The summed E-state index contributed by atoms with van der Waals surface area (Å²) in [6, 6.07) is 6.02. The van der Waals surface area contributed by atoms with Gasteiger partial charge in [-0.1, -0.05) is 19.1 Å². The van der Waals surface area contributed by atoms with Crippen LogP contribution in [0.25, 0.3) is 0 Å². The maximum absolute atomic E-state index is 11.6. The number of ether oxygens (including phenoxy) is 1. The summed E-state index contributed by atoms with van der Waals surface area (Å²) in [7, 11) is 0. The first-order chi connectivity index (χ1) is 9.13. The second-order valence-electron chi connectivity index (χ2n) is 5.81. The van der Waals surface area contributed by atoms with Gasteiger partial charge in [0, 0.05) is 12.0 Å². The average molecular weight is 260 g/mol. The molecule has 1 heterocycles. The van der Waals surface area contributed by atoms with Crippen molar-refractivity contribution in [3.8, 4) is 5.75 Å². The molecule has 1 aromatic rings. The summed E-state index contributed by atoms with van der Waals surface area (Å²) in [6.07, 6.45) is 5.83. The topological polar surface area (TPSA) is 46.5 Å². The SMILES string of the molecule is CCc1ccc2c(c1)C(C(=O)O)CC1(CCCC1)O2. The lowest BCUT2D eigenvalue weighted by molar-refractivity contribution is -0.141. The van der Waals surface area contributed by atoms with Crippen LogP contribution in [0.5, 0.6) is 5.75 Å². The summed E-state index contributed by atoms with van der Waals surface area (Å²) < 4.78 is 6.20. The Kier molecular flexibility index (Phi) is 3.00. The highest BCUT2D eigenvalue weighted by molar-refractivity contribution is 5.78. The lowest BCUT2D eigenvalue weighted by Gasteiger charge is -2.38. The van der Waals surface area contributed by atoms with Gasteiger partial charge in [-0.25, -0.2) is 0 Å². The van der Waals surface area contributed by atoms with Crippen molar-refractivity contribution in [1.82, 2.24) is 0 Å². The number of benzene rings is 1. The number of carbonyl (C=O) groups is 1. The van der Waals surface area contributed by atoms with Crippen molar-refractivity contribution in [3.05, 3.63) is 29.3 Å². The van der Waals surface area contributed by atoms with E-state index < -0.39 is 11.9 Å². The van der Waals surface area contributed by atoms with E-state index in [9.17, 15) is 9.90 Å². The van der Waals surface area contributed by atoms with E-state index >= 15 is 0 Å². The third-order valence-corrected chi connectivity index (χ3v) is 4.57. The van der Waals surface area contributed by atoms with E-state index in [0.29, 0.717) is 6.42 Å². The van der Waals surface area contributed by atoms with Gasteiger partial charge in [0.05, 0.1) is 5.92 Å². The predicted molar refractivity (Wildman–Crippen MR) is 72.6 cm³/mol. The summed E-state index contributed by atoms with van der Waals surface area (Å²) in [5, 5.41) is 9.54. The van der Waals surface area contributed by atoms with Gasteiger partial charge in [0.2, 0.25) is 0 Å². The number of aliphatic carboxylic acids is 1. The first-order valence-corrected chi connectivity index (χ1v) is 7.18. The molecule has 3 nitrogen and oxygen atoms in total. The van der Waals surface area contributed by atoms with Crippen LogP contribution in [0.1, 0.15) is 56.1 Å². The predicted octanol–water partition coefficient (Wildman–Crippen LogP) is 3.51. The maximum atomic E-state index is 11.6. The Morgan fingerprint density at radius 1 is 1.42 bits per heavy atom. The van der Waals surface area contributed by atoms with E-state index in [1.54, 1.807) is 0 Å². The number of carboxylic acid groups (broad SMARTS) is 1. The fraction of sp³-hybridized carbons (Fsp3) is 0.562. The van der Waals surface area contributed by atoms with Crippen LogP contribution in [-0.2, 0) is 11.2 Å². The number of rotatable bonds is 2. The molecule has 1 aromatic carbocycles. The molecule has 19 heavy (non-hydrogen) atoms. The minimum Gasteiger partial charge on any atom is -0.487 e. The molecular formula is C16H20O3. The van der Waals surface area contributed by atoms with Crippen molar-refractivity contribution in [2.45, 2.75) is 57.0 Å². The average Bonchev–Trinajstić information content (AvgIpc) is 2.85. The van der Waals surface area contributed by atoms with Crippen molar-refractivity contribution in [1.29, 1.82) is 0 Å². The number of carboxylic acids is 1. The zero-order chi connectivity index (χ0) is 13.5. The Balaban J connectivity index is 2.03. The summed E-state index contributed by atoms with van der Waals surface area (Å²) in [5.74, 6) is -0.338. The molecule has 102 valence electrons. The highest BCUT2D eigenvalue weighted by Crippen LogP contribution is 2.48. The van der Waals surface area contributed by atoms with Crippen LogP contribution in [0.4, 0.5) is 0 Å². The van der Waals surface area contributed by atoms with Crippen molar-refractivity contribution in [3.63, 3.8) is 0 Å². The summed E-state index contributed by atoms with van der Waals surface area (Å²) in [4.78, 5) is 11.6. The van der Waals surface area contributed by atoms with Gasteiger partial charge >= 0.3 is 5.97 Å². The van der Waals surface area contributed by atoms with Crippen molar-refractivity contribution < 1.29 is 14.6 Å². The van der Waals surface area contributed by atoms with Gasteiger partial charge in [-0.15, -0.1) is 0 Å². The molecule has 1 unspecified atom stereocenters. The number of aryl methyl sites for hydroxylation is 1. The second kappa shape index (κ2) is 4.55. The van der Waals surface area contributed by atoms with E-state index in [0.717, 1.165) is 43.4 Å². The molecule has 2 aliphatic rings. The highest BCUT2D eigenvalue weighted by Gasteiger charge is 2.45. The van der Waals surface area contributed by atoms with Crippen LogP contribution in [0.15, 0.2) is 18.2 Å². The Labute approximate surface area is 113 Å². The Morgan fingerprint density at radius 3 is 2.79 bits per heavy atom. The minimum absolute atomic E-state index is 0.218. The molecule has 1 aliphatic carbocycles. The van der Waals surface area contributed by atoms with Crippen LogP contribution in [0, 0.1) is 0 Å². The van der Waals surface area contributed by atoms with E-state index in [1.807, 2.05) is 18.2 Å². The molecule has 0 aromatic heterocycles. The van der Waals surface area contributed by atoms with Gasteiger partial charge in [0.1, 0.15) is 11.4 Å². The highest BCUT2D eigenvalue weighted by atomic mass is 16.5. The van der Waals surface area contributed by atoms with E-state index in [2.05, 4.69) is 6.92 Å². The number of hydrogen-bond donors (Lipinski definition) is 1. The summed E-state index contributed by atoms with van der Waals surface area (Å²) in [6.45, 7) is 2.08. The monoisotopic (exact) mass is 260 g/mol. The minimum atomic E-state index is -0.718. The summed E-state index contributed by atoms with van der Waals surface area (Å²) in [5.41, 5.74) is 1.82. The lowest BCUT2D eigenvalue weighted by atomic mass is 9.81. The van der Waals surface area contributed by atoms with E-state index in [-0.39, 0.29) is 5.60 Å². The fourth-order valence-electron chi connectivity index (χ4n) is 3.49. The second-order valence-corrected chi connectivity index (χ2v) is 5.81. The van der Waals surface area contributed by atoms with Crippen LogP contribution in [0.2, 0.25) is 0 Å². The van der Waals surface area contributed by atoms with Crippen LogP contribution in [0.3, 0.4) is 0 Å². The Morgan fingerprint density at radius 2 is 2.16 bits per heavy atom. The molecular weight excluding hydrogens is 240 g/mol. The van der Waals surface area contributed by atoms with Crippen molar-refractivity contribution in [2.75, 3.05) is 0 Å². The van der Waals surface area contributed by atoms with Gasteiger partial charge in [-0.3, -0.25) is 4.79 Å². The number of hydrogen-bond acceptors (Lipinski definition) is 2. The van der Waals surface area contributed by atoms with Crippen molar-refractivity contribution in [2.24, 2.45) is 0 Å². The van der Waals surface area contributed by atoms with E-state index in [4.69, 9.17) is 4.74 Å². The largest absolute Gasteiger partial charge is 0.487 e. The molecule has 1 spiro atoms. The molecule has 1 atom stereocenters. The quantitative estimate of drug-likeness (QED) is 0.885. The molecule has 3 heteroatoms. The Hall–Kier alpha value is -1.51. The van der Waals surface area contributed by atoms with Crippen LogP contribution in [-0.4, -0.2) is 16.7 Å². The zero-order valence-electron chi connectivity index (χ0n) is 11.3. The van der Waals surface area contributed by atoms with Gasteiger partial charge in [-0.2, -0.15) is 0 Å². The molecule has 1 saturated carbocycles. The van der Waals surface area contributed by atoms with Gasteiger partial charge in [0.15, 0.2) is 0 Å². The first kappa shape index (κ1) is 12.5. The van der Waals surface area contributed by atoms with Crippen molar-refractivity contribution >= 4 is 5.97 Å². The molecule has 0 radical (unpaired) electrons. The van der Waals surface area contributed by atoms with Crippen LogP contribution < -0.4 is 4.74 Å². The standard InChI is InChI=1S/C16H20O3/c1-2-11-5-6-14-12(9-11)13(15(17)18)10-16(19-14)7-3-4-8-16/h5-6,9,13H,2-4,7-8,10H2,1H3,(H,17,18). The fourth-order valence-corrected chi connectivity index (χ4v) is 3.49. The summed E-state index contributed by atoms with van der Waals surface area (Å²) >= 11 is 0. The molecule has 3 rings (SSSR count). The lowest BCUT2D eigenvalue weighted by Crippen LogP contribution is -2.40. The van der Waals surface area contributed by atoms with Gasteiger partial charge < -0.3 is 9.84 Å². The molecule has 1 aliphatic heterocycles. The van der Waals surface area contributed by atoms with Gasteiger partial charge in [0.25, 0.3) is 0 Å². The maximum Gasteiger partial charge on any atom is 0.311 e. The third-order valence-electron chi connectivity index (χ3n) is 4.57. The van der Waals surface area contributed by atoms with Crippen LogP contribution >= 0.6 is 0 Å². The molecule has 1 fully saturated rings. The van der Waals surface area contributed by atoms with E-state index in [1.165, 1.54) is 5.56 Å². The molecule has 1 N–H and O–H groups in total. The Bertz CT molecular complexity index is 501. The first-order valence-electron chi connectivity index (χ1n) is 7.18. The molecule has 0 saturated heterocycles. The number of fused-ring (bicyclic) bond motifs is 1. The molecule has 0 amide bonds. The van der Waals surface area contributed by atoms with Gasteiger partial charge in [-0.05, 0) is 43.7 Å². The molecule has 0 bridgehead atoms. The smallest absolute Gasteiger partial charge is 0.311 e. The normalized spacial score (nSPS) is 23.9. The third kappa shape index (κ3) is 2.11.